The van der Waals surface area contributed by atoms with Crippen molar-refractivity contribution in [1.82, 2.24) is 4.98 Å². The molecule has 1 aromatic carbocycles. The Morgan fingerprint density at radius 2 is 1.87 bits per heavy atom. The third-order valence-corrected chi connectivity index (χ3v) is 5.49. The maximum absolute atomic E-state index is 8.71. The minimum atomic E-state index is 0.587. The van der Waals surface area contributed by atoms with E-state index >= 15 is 0 Å². The van der Waals surface area contributed by atoms with Crippen LogP contribution >= 0.6 is 23.4 Å². The molecule has 4 heteroatoms. The number of pyridine rings is 1. The van der Waals surface area contributed by atoms with Gasteiger partial charge in [0.25, 0.3) is 0 Å². The van der Waals surface area contributed by atoms with E-state index in [9.17, 15) is 0 Å². The van der Waals surface area contributed by atoms with E-state index in [-0.39, 0.29) is 0 Å². The first kappa shape index (κ1) is 16.4. The molecule has 0 N–H and O–H groups in total. The third-order valence-electron chi connectivity index (χ3n) is 4.65. The van der Waals surface area contributed by atoms with Crippen molar-refractivity contribution in [3.8, 4) is 16.7 Å². The zero-order valence-corrected chi connectivity index (χ0v) is 14.7. The first-order chi connectivity index (χ1) is 11.2. The Balaban J connectivity index is 1.78. The molecule has 1 aromatic heterocycles. The van der Waals surface area contributed by atoms with Crippen LogP contribution in [0.3, 0.4) is 0 Å². The van der Waals surface area contributed by atoms with Crippen LogP contribution in [-0.4, -0.2) is 4.98 Å². The lowest BCUT2D eigenvalue weighted by atomic mass is 9.79. The highest BCUT2D eigenvalue weighted by Gasteiger charge is 2.19. The molecule has 2 aromatic rings. The molecule has 1 saturated carbocycles. The Hall–Kier alpha value is -1.50. The van der Waals surface area contributed by atoms with Crippen molar-refractivity contribution in [2.24, 2.45) is 5.92 Å². The Kier molecular flexibility index (Phi) is 5.25. The molecular weight excluding hydrogens is 324 g/mol. The second-order valence-corrected chi connectivity index (χ2v) is 7.54. The predicted molar refractivity (Wildman–Crippen MR) is 96.5 cm³/mol. The molecule has 118 valence electrons. The van der Waals surface area contributed by atoms with Gasteiger partial charge in [0.05, 0.1) is 10.7 Å². The summed E-state index contributed by atoms with van der Waals surface area (Å²) in [6.07, 6.45) is 6.94. The Morgan fingerprint density at radius 1 is 1.17 bits per heavy atom. The maximum atomic E-state index is 8.71. The van der Waals surface area contributed by atoms with Gasteiger partial charge in [0.1, 0.15) is 5.40 Å². The highest BCUT2D eigenvalue weighted by Crippen LogP contribution is 2.36. The molecule has 1 aliphatic rings. The summed E-state index contributed by atoms with van der Waals surface area (Å²) in [4.78, 5) is 5.19. The van der Waals surface area contributed by atoms with Crippen molar-refractivity contribution < 1.29 is 0 Å². The fourth-order valence-electron chi connectivity index (χ4n) is 3.25. The second kappa shape index (κ2) is 7.38. The number of nitrogens with zero attached hydrogens (tertiary/aromatic N) is 2. The molecule has 0 bridgehead atoms. The normalized spacial score (nSPS) is 20.9. The molecule has 2 nitrogen and oxygen atoms in total. The van der Waals surface area contributed by atoms with Crippen molar-refractivity contribution in [2.45, 2.75) is 43.4 Å². The average Bonchev–Trinajstić information content (AvgIpc) is 2.56. The fraction of sp³-hybridized carbons (Fsp3) is 0.368. The number of aromatic nitrogens is 1. The van der Waals surface area contributed by atoms with E-state index in [4.69, 9.17) is 16.9 Å². The van der Waals surface area contributed by atoms with Gasteiger partial charge in [-0.1, -0.05) is 55.6 Å². The Bertz CT molecular complexity index is 713. The minimum absolute atomic E-state index is 0.587. The van der Waals surface area contributed by atoms with Gasteiger partial charge in [0.2, 0.25) is 0 Å². The number of hydrogen-bond donors (Lipinski definition) is 0. The van der Waals surface area contributed by atoms with E-state index in [0.29, 0.717) is 10.9 Å². The molecule has 0 radical (unpaired) electrons. The van der Waals surface area contributed by atoms with Gasteiger partial charge < -0.3 is 0 Å². The quantitative estimate of drug-likeness (QED) is 0.487. The summed E-state index contributed by atoms with van der Waals surface area (Å²) in [7, 11) is 0. The first-order valence-corrected chi connectivity index (χ1v) is 9.18. The van der Waals surface area contributed by atoms with Crippen LogP contribution in [0, 0.1) is 16.6 Å². The average molecular weight is 343 g/mol. The topological polar surface area (TPSA) is 36.7 Å². The molecule has 0 atom stereocenters. The van der Waals surface area contributed by atoms with Crippen molar-refractivity contribution in [1.29, 1.82) is 5.26 Å². The van der Waals surface area contributed by atoms with Gasteiger partial charge in [0.15, 0.2) is 0 Å². The molecule has 1 heterocycles. The van der Waals surface area contributed by atoms with Crippen LogP contribution in [0.4, 0.5) is 0 Å². The van der Waals surface area contributed by atoms with E-state index in [0.717, 1.165) is 33.8 Å². The van der Waals surface area contributed by atoms with Gasteiger partial charge in [-0.25, -0.2) is 0 Å². The van der Waals surface area contributed by atoms with Crippen LogP contribution in [-0.2, 0) is 0 Å². The lowest BCUT2D eigenvalue weighted by molar-refractivity contribution is 0.348. The first-order valence-electron chi connectivity index (χ1n) is 7.99. The van der Waals surface area contributed by atoms with E-state index < -0.39 is 0 Å². The molecule has 0 spiro atoms. The largest absolute Gasteiger partial charge is 0.253 e. The standard InChI is InChI=1S/C19H19ClN2S/c1-13-2-4-14(5-3-13)15-6-8-16(9-7-15)19-18(20)10-17(11-22-19)23-12-21/h6-11,13-14H,2-5H2,1H3. The van der Waals surface area contributed by atoms with Gasteiger partial charge in [-0.15, -0.1) is 0 Å². The van der Waals surface area contributed by atoms with Gasteiger partial charge in [0, 0.05) is 16.7 Å². The minimum Gasteiger partial charge on any atom is -0.253 e. The van der Waals surface area contributed by atoms with Crippen LogP contribution in [0.1, 0.15) is 44.1 Å². The van der Waals surface area contributed by atoms with Gasteiger partial charge >= 0.3 is 0 Å². The summed E-state index contributed by atoms with van der Waals surface area (Å²) in [5.41, 5.74) is 3.22. The predicted octanol–water partition coefficient (Wildman–Crippen LogP) is 6.27. The van der Waals surface area contributed by atoms with Crippen molar-refractivity contribution in [2.75, 3.05) is 0 Å². The summed E-state index contributed by atoms with van der Waals surface area (Å²) in [5.74, 6) is 1.57. The van der Waals surface area contributed by atoms with E-state index in [2.05, 4.69) is 36.2 Å². The van der Waals surface area contributed by atoms with Crippen LogP contribution in [0.2, 0.25) is 5.02 Å². The van der Waals surface area contributed by atoms with Crippen LogP contribution in [0.5, 0.6) is 0 Å². The molecule has 0 saturated heterocycles. The Labute approximate surface area is 146 Å². The van der Waals surface area contributed by atoms with Gasteiger partial charge in [-0.2, -0.15) is 5.26 Å². The number of halogens is 1. The van der Waals surface area contributed by atoms with Crippen molar-refractivity contribution >= 4 is 23.4 Å². The van der Waals surface area contributed by atoms with Crippen LogP contribution in [0.25, 0.3) is 11.3 Å². The zero-order chi connectivity index (χ0) is 16.2. The summed E-state index contributed by atoms with van der Waals surface area (Å²) < 4.78 is 0. The zero-order valence-electron chi connectivity index (χ0n) is 13.1. The number of nitriles is 1. The summed E-state index contributed by atoms with van der Waals surface area (Å²) >= 11 is 7.39. The SMILES string of the molecule is CC1CCC(c2ccc(-c3ncc(SC#N)cc3Cl)cc2)CC1. The summed E-state index contributed by atoms with van der Waals surface area (Å²) in [6.45, 7) is 2.35. The summed E-state index contributed by atoms with van der Waals surface area (Å²) in [5, 5.41) is 11.3. The lowest BCUT2D eigenvalue weighted by Gasteiger charge is -2.26. The second-order valence-electron chi connectivity index (χ2n) is 6.27. The number of hydrogen-bond acceptors (Lipinski definition) is 3. The maximum Gasteiger partial charge on any atom is 0.138 e. The molecular formula is C19H19ClN2S. The molecule has 3 rings (SSSR count). The number of thiocyanates is 1. The highest BCUT2D eigenvalue weighted by molar-refractivity contribution is 8.03. The molecule has 0 aliphatic heterocycles. The van der Waals surface area contributed by atoms with Crippen molar-refractivity contribution in [3.63, 3.8) is 0 Å². The van der Waals surface area contributed by atoms with Crippen LogP contribution in [0.15, 0.2) is 41.4 Å². The smallest absolute Gasteiger partial charge is 0.138 e. The lowest BCUT2D eigenvalue weighted by Crippen LogP contribution is -2.10. The fourth-order valence-corrected chi connectivity index (χ4v) is 3.98. The van der Waals surface area contributed by atoms with E-state index in [1.54, 1.807) is 12.3 Å². The van der Waals surface area contributed by atoms with Gasteiger partial charge in [-0.3, -0.25) is 4.98 Å². The molecule has 0 amide bonds. The molecule has 1 aliphatic carbocycles. The molecule has 0 unspecified atom stereocenters. The van der Waals surface area contributed by atoms with E-state index in [1.807, 2.05) is 5.40 Å². The third kappa shape index (κ3) is 3.88. The van der Waals surface area contributed by atoms with Crippen molar-refractivity contribution in [3.05, 3.63) is 47.1 Å². The van der Waals surface area contributed by atoms with Crippen LogP contribution < -0.4 is 0 Å². The number of benzene rings is 1. The molecule has 1 fully saturated rings. The highest BCUT2D eigenvalue weighted by atomic mass is 35.5. The number of thioether (sulfide) groups is 1. The van der Waals surface area contributed by atoms with Gasteiger partial charge in [-0.05, 0) is 48.1 Å². The Morgan fingerprint density at radius 3 is 2.48 bits per heavy atom. The van der Waals surface area contributed by atoms with E-state index in [1.165, 1.54) is 31.2 Å². The monoisotopic (exact) mass is 342 g/mol. The molecule has 23 heavy (non-hydrogen) atoms. The number of rotatable bonds is 3. The summed E-state index contributed by atoms with van der Waals surface area (Å²) in [6, 6.07) is 10.4.